The van der Waals surface area contributed by atoms with Crippen LogP contribution in [0, 0.1) is 6.92 Å². The number of sulfonamides is 1. The lowest BCUT2D eigenvalue weighted by Gasteiger charge is -2.33. The molecule has 0 atom stereocenters. The fourth-order valence-electron chi connectivity index (χ4n) is 3.40. The van der Waals surface area contributed by atoms with E-state index in [-0.39, 0.29) is 10.5 Å². The molecule has 3 aromatic rings. The van der Waals surface area contributed by atoms with Crippen molar-refractivity contribution in [2.75, 3.05) is 26.2 Å². The first-order valence-electron chi connectivity index (χ1n) is 9.05. The normalized spacial score (nSPS) is 16.5. The molecule has 1 saturated heterocycles. The number of nitrogens with zero attached hydrogens (tertiary/aromatic N) is 5. The molecule has 28 heavy (non-hydrogen) atoms. The molecule has 1 aliphatic rings. The van der Waals surface area contributed by atoms with Gasteiger partial charge in [-0.2, -0.15) is 4.31 Å². The quantitative estimate of drug-likeness (QED) is 0.648. The molecule has 0 amide bonds. The Bertz CT molecular complexity index is 1150. The summed E-state index contributed by atoms with van der Waals surface area (Å²) in [6.45, 7) is 4.38. The summed E-state index contributed by atoms with van der Waals surface area (Å²) in [6, 6.07) is 8.48. The highest BCUT2D eigenvalue weighted by Gasteiger charge is 2.28. The van der Waals surface area contributed by atoms with Gasteiger partial charge in [-0.3, -0.25) is 19.1 Å². The number of rotatable bonds is 4. The second-order valence-corrected chi connectivity index (χ2v) is 8.78. The summed E-state index contributed by atoms with van der Waals surface area (Å²) in [6.07, 6.45) is 4.64. The van der Waals surface area contributed by atoms with Crippen molar-refractivity contribution < 1.29 is 8.42 Å². The Morgan fingerprint density at radius 3 is 2.61 bits per heavy atom. The molecular formula is C19H21N5O3S. The summed E-state index contributed by atoms with van der Waals surface area (Å²) in [5.74, 6) is 0. The molecule has 0 radical (unpaired) electrons. The fourth-order valence-corrected chi connectivity index (χ4v) is 4.78. The van der Waals surface area contributed by atoms with E-state index in [9.17, 15) is 13.2 Å². The van der Waals surface area contributed by atoms with Crippen LogP contribution in [0.5, 0.6) is 0 Å². The van der Waals surface area contributed by atoms with Crippen LogP contribution in [0.15, 0.2) is 58.6 Å². The van der Waals surface area contributed by atoms with E-state index in [0.717, 1.165) is 5.56 Å². The minimum Gasteiger partial charge on any atom is -0.295 e. The molecule has 9 heteroatoms. The van der Waals surface area contributed by atoms with Gasteiger partial charge in [0.2, 0.25) is 10.0 Å². The van der Waals surface area contributed by atoms with Crippen LogP contribution >= 0.6 is 0 Å². The lowest BCUT2D eigenvalue weighted by atomic mass is 10.2. The predicted octanol–water partition coefficient (Wildman–Crippen LogP) is 0.904. The van der Waals surface area contributed by atoms with Crippen LogP contribution in [0.4, 0.5) is 0 Å². The van der Waals surface area contributed by atoms with E-state index in [2.05, 4.69) is 14.9 Å². The molecule has 0 aromatic carbocycles. The highest BCUT2D eigenvalue weighted by atomic mass is 32.2. The van der Waals surface area contributed by atoms with Crippen LogP contribution in [0.3, 0.4) is 0 Å². The standard InChI is InChI=1S/C19H21N5O3S/c1-15-4-3-7-24-18(25)12-16(21-19(15)24)14-22-8-10-23(11-9-22)28(26,27)17-5-2-6-20-13-17/h2-7,12-13H,8-11,14H2,1H3. The molecule has 0 saturated carbocycles. The first-order chi connectivity index (χ1) is 13.4. The minimum absolute atomic E-state index is 0.110. The predicted molar refractivity (Wildman–Crippen MR) is 104 cm³/mol. The molecule has 0 aliphatic carbocycles. The maximum absolute atomic E-state index is 12.7. The van der Waals surface area contributed by atoms with Gasteiger partial charge in [0.05, 0.1) is 5.69 Å². The largest absolute Gasteiger partial charge is 0.295 e. The molecule has 1 aliphatic heterocycles. The second-order valence-electron chi connectivity index (χ2n) is 6.84. The first kappa shape index (κ1) is 18.7. The van der Waals surface area contributed by atoms with Gasteiger partial charge in [-0.15, -0.1) is 0 Å². The third kappa shape index (κ3) is 3.56. The number of fused-ring (bicyclic) bond motifs is 1. The molecule has 8 nitrogen and oxygen atoms in total. The maximum Gasteiger partial charge on any atom is 0.258 e. The Hall–Kier alpha value is -2.62. The van der Waals surface area contributed by atoms with Gasteiger partial charge in [0, 0.05) is 57.4 Å². The molecule has 4 rings (SSSR count). The Balaban J connectivity index is 1.47. The van der Waals surface area contributed by atoms with E-state index in [4.69, 9.17) is 0 Å². The Morgan fingerprint density at radius 2 is 1.89 bits per heavy atom. The van der Waals surface area contributed by atoms with E-state index in [0.29, 0.717) is 44.1 Å². The van der Waals surface area contributed by atoms with Gasteiger partial charge in [0.1, 0.15) is 10.5 Å². The molecular weight excluding hydrogens is 378 g/mol. The van der Waals surface area contributed by atoms with Crippen molar-refractivity contribution in [3.8, 4) is 0 Å². The van der Waals surface area contributed by atoms with Crippen molar-refractivity contribution >= 4 is 15.7 Å². The molecule has 0 unspecified atom stereocenters. The third-order valence-electron chi connectivity index (χ3n) is 4.93. The highest BCUT2D eigenvalue weighted by molar-refractivity contribution is 7.89. The molecule has 3 aromatic heterocycles. The average molecular weight is 399 g/mol. The summed E-state index contributed by atoms with van der Waals surface area (Å²) in [4.78, 5) is 23.2. The molecule has 1 fully saturated rings. The zero-order valence-corrected chi connectivity index (χ0v) is 16.3. The summed E-state index contributed by atoms with van der Waals surface area (Å²) in [7, 11) is -3.52. The Morgan fingerprint density at radius 1 is 1.11 bits per heavy atom. The van der Waals surface area contributed by atoms with Gasteiger partial charge < -0.3 is 0 Å². The number of hydrogen-bond acceptors (Lipinski definition) is 6. The topological polar surface area (TPSA) is 87.9 Å². The summed E-state index contributed by atoms with van der Waals surface area (Å²) in [5, 5.41) is 0. The smallest absolute Gasteiger partial charge is 0.258 e. The minimum atomic E-state index is -3.52. The molecule has 4 heterocycles. The SMILES string of the molecule is Cc1cccn2c(=O)cc(CN3CCN(S(=O)(=O)c4cccnc4)CC3)nc12. The molecule has 146 valence electrons. The van der Waals surface area contributed by atoms with Gasteiger partial charge in [0.25, 0.3) is 5.56 Å². The summed E-state index contributed by atoms with van der Waals surface area (Å²) < 4.78 is 28.4. The number of aryl methyl sites for hydroxylation is 1. The van der Waals surface area contributed by atoms with E-state index in [1.165, 1.54) is 14.9 Å². The van der Waals surface area contributed by atoms with Crippen LogP contribution in [0.2, 0.25) is 0 Å². The van der Waals surface area contributed by atoms with Crippen molar-refractivity contribution in [2.45, 2.75) is 18.4 Å². The Labute approximate surface area is 163 Å². The number of pyridine rings is 2. The van der Waals surface area contributed by atoms with Gasteiger partial charge in [-0.05, 0) is 30.7 Å². The van der Waals surface area contributed by atoms with E-state index < -0.39 is 10.0 Å². The van der Waals surface area contributed by atoms with Crippen molar-refractivity contribution in [3.63, 3.8) is 0 Å². The summed E-state index contributed by atoms with van der Waals surface area (Å²) in [5.41, 5.74) is 2.18. The van der Waals surface area contributed by atoms with Gasteiger partial charge in [0.15, 0.2) is 0 Å². The van der Waals surface area contributed by atoms with Crippen LogP contribution < -0.4 is 5.56 Å². The number of aromatic nitrogens is 3. The van der Waals surface area contributed by atoms with Gasteiger partial charge in [-0.1, -0.05) is 6.07 Å². The molecule has 0 bridgehead atoms. The molecule has 0 N–H and O–H groups in total. The van der Waals surface area contributed by atoms with E-state index in [1.54, 1.807) is 30.6 Å². The van der Waals surface area contributed by atoms with E-state index in [1.807, 2.05) is 19.1 Å². The highest BCUT2D eigenvalue weighted by Crippen LogP contribution is 2.17. The van der Waals surface area contributed by atoms with Gasteiger partial charge in [-0.25, -0.2) is 13.4 Å². The van der Waals surface area contributed by atoms with Crippen molar-refractivity contribution in [1.82, 2.24) is 23.6 Å². The van der Waals surface area contributed by atoms with Crippen LogP contribution in [0.1, 0.15) is 11.3 Å². The maximum atomic E-state index is 12.7. The molecule has 0 spiro atoms. The Kier molecular flexibility index (Phi) is 4.96. The number of piperazine rings is 1. The number of hydrogen-bond donors (Lipinski definition) is 0. The zero-order chi connectivity index (χ0) is 19.7. The monoisotopic (exact) mass is 399 g/mol. The summed E-state index contributed by atoms with van der Waals surface area (Å²) >= 11 is 0. The van der Waals surface area contributed by atoms with Crippen LogP contribution in [-0.2, 0) is 16.6 Å². The lowest BCUT2D eigenvalue weighted by molar-refractivity contribution is 0.180. The van der Waals surface area contributed by atoms with Gasteiger partial charge >= 0.3 is 0 Å². The van der Waals surface area contributed by atoms with E-state index >= 15 is 0 Å². The third-order valence-corrected chi connectivity index (χ3v) is 6.81. The van der Waals surface area contributed by atoms with Crippen LogP contribution in [-0.4, -0.2) is 58.2 Å². The lowest BCUT2D eigenvalue weighted by Crippen LogP contribution is -2.48. The van der Waals surface area contributed by atoms with Crippen molar-refractivity contribution in [3.05, 3.63) is 70.5 Å². The van der Waals surface area contributed by atoms with Crippen LogP contribution in [0.25, 0.3) is 5.65 Å². The average Bonchev–Trinajstić information content (AvgIpc) is 2.70. The zero-order valence-electron chi connectivity index (χ0n) is 15.5. The van der Waals surface area contributed by atoms with Crippen molar-refractivity contribution in [1.29, 1.82) is 0 Å². The van der Waals surface area contributed by atoms with Crippen molar-refractivity contribution in [2.24, 2.45) is 0 Å². The first-order valence-corrected chi connectivity index (χ1v) is 10.5. The second kappa shape index (κ2) is 7.42. The fraction of sp³-hybridized carbons (Fsp3) is 0.316.